The molecule has 31 heavy (non-hydrogen) atoms. The van der Waals surface area contributed by atoms with Gasteiger partial charge in [-0.15, -0.1) is 11.3 Å². The van der Waals surface area contributed by atoms with E-state index in [0.717, 1.165) is 15.3 Å². The highest BCUT2D eigenvalue weighted by atomic mass is 35.5. The average Bonchev–Trinajstić information content (AvgIpc) is 3.05. The Morgan fingerprint density at radius 2 is 2.06 bits per heavy atom. The van der Waals surface area contributed by atoms with Crippen molar-refractivity contribution in [3.05, 3.63) is 77.4 Å². The average molecular weight is 455 g/mol. The number of allylic oxidation sites excluding steroid dienone is 3. The van der Waals surface area contributed by atoms with E-state index in [0.29, 0.717) is 36.2 Å². The fraction of sp³-hybridized carbons (Fsp3) is 0.273. The van der Waals surface area contributed by atoms with Gasteiger partial charge in [0.25, 0.3) is 5.69 Å². The van der Waals surface area contributed by atoms with Crippen LogP contribution in [0.2, 0.25) is 5.02 Å². The van der Waals surface area contributed by atoms with Crippen LogP contribution in [0, 0.1) is 35.3 Å². The van der Waals surface area contributed by atoms with Crippen molar-refractivity contribution in [2.75, 3.05) is 4.90 Å². The van der Waals surface area contributed by atoms with Crippen LogP contribution in [0.1, 0.15) is 40.5 Å². The van der Waals surface area contributed by atoms with Gasteiger partial charge in [0.1, 0.15) is 5.82 Å². The maximum Gasteiger partial charge on any atom is 0.271 e. The van der Waals surface area contributed by atoms with Crippen molar-refractivity contribution >= 4 is 40.1 Å². The van der Waals surface area contributed by atoms with Gasteiger partial charge in [-0.3, -0.25) is 19.8 Å². The maximum absolute atomic E-state index is 13.1. The molecule has 1 aliphatic carbocycles. The number of nitro benzene ring substituents is 1. The van der Waals surface area contributed by atoms with Crippen molar-refractivity contribution in [3.8, 4) is 6.07 Å². The Hall–Kier alpha value is -3.15. The number of nitro groups is 1. The number of Topliss-reactive ketones (excluding diaryl/α,β-unsaturated/α-hetero) is 1. The molecular formula is C22H19ClN4O3S. The number of carbonyl (C=O) groups is 1. The molecule has 0 spiro atoms. The molecule has 0 bridgehead atoms. The van der Waals surface area contributed by atoms with E-state index in [1.165, 1.54) is 18.2 Å². The zero-order valence-electron chi connectivity index (χ0n) is 16.9. The Balaban J connectivity index is 1.98. The number of aryl methyl sites for hydroxylation is 2. The summed E-state index contributed by atoms with van der Waals surface area (Å²) < 4.78 is 0. The summed E-state index contributed by atoms with van der Waals surface area (Å²) in [7, 11) is 0. The molecule has 4 rings (SSSR count). The number of halogens is 1. The minimum Gasteiger partial charge on any atom is -0.384 e. The molecule has 2 aromatic rings. The van der Waals surface area contributed by atoms with Gasteiger partial charge < -0.3 is 5.73 Å². The molecule has 2 heterocycles. The number of non-ortho nitro benzene ring substituents is 1. The molecule has 7 nitrogen and oxygen atoms in total. The normalized spacial score (nSPS) is 18.8. The number of nitriles is 1. The summed E-state index contributed by atoms with van der Waals surface area (Å²) in [5.41, 5.74) is 9.25. The third-order valence-electron chi connectivity index (χ3n) is 5.69. The molecule has 0 radical (unpaired) electrons. The molecule has 0 saturated carbocycles. The number of ketones is 1. The number of benzene rings is 1. The largest absolute Gasteiger partial charge is 0.384 e. The molecule has 158 valence electrons. The molecular weight excluding hydrogens is 436 g/mol. The van der Waals surface area contributed by atoms with Crippen LogP contribution in [-0.2, 0) is 4.79 Å². The first kappa shape index (κ1) is 21.1. The van der Waals surface area contributed by atoms with Gasteiger partial charge in [-0.25, -0.2) is 0 Å². The van der Waals surface area contributed by atoms with Gasteiger partial charge >= 0.3 is 0 Å². The lowest BCUT2D eigenvalue weighted by Crippen LogP contribution is -2.38. The van der Waals surface area contributed by atoms with E-state index < -0.39 is 10.8 Å². The molecule has 1 aromatic carbocycles. The minimum atomic E-state index is -0.529. The number of carbonyl (C=O) groups excluding carboxylic acids is 1. The topological polar surface area (TPSA) is 113 Å². The summed E-state index contributed by atoms with van der Waals surface area (Å²) in [5.74, 6) is -0.344. The van der Waals surface area contributed by atoms with Crippen LogP contribution < -0.4 is 10.6 Å². The standard InChI is InChI=1S/C22H19ClN4O3S/c1-11-8-14(12(2)31-11)20-15(10-24)22(25)26(18-4-3-5-19(28)21(18)20)17-7-6-13(27(29)30)9-16(17)23/h6-9,20H,3-5,25H2,1-2H3. The van der Waals surface area contributed by atoms with Crippen LogP contribution in [0.15, 0.2) is 46.9 Å². The zero-order valence-corrected chi connectivity index (χ0v) is 18.5. The first-order chi connectivity index (χ1) is 14.7. The second kappa shape index (κ2) is 7.84. The van der Waals surface area contributed by atoms with Crippen molar-refractivity contribution in [2.24, 2.45) is 5.73 Å². The molecule has 1 atom stereocenters. The van der Waals surface area contributed by atoms with E-state index in [1.54, 1.807) is 16.2 Å². The van der Waals surface area contributed by atoms with Crippen LogP contribution >= 0.6 is 22.9 Å². The molecule has 0 amide bonds. The molecule has 1 unspecified atom stereocenters. The lowest BCUT2D eigenvalue weighted by molar-refractivity contribution is -0.384. The molecule has 9 heteroatoms. The lowest BCUT2D eigenvalue weighted by atomic mass is 9.75. The number of hydrogen-bond donors (Lipinski definition) is 1. The first-order valence-corrected chi connectivity index (χ1v) is 10.9. The number of nitrogens with two attached hydrogens (primary N) is 1. The lowest BCUT2D eigenvalue weighted by Gasteiger charge is -2.39. The second-order valence-electron chi connectivity index (χ2n) is 7.58. The summed E-state index contributed by atoms with van der Waals surface area (Å²) in [6.07, 6.45) is 1.65. The summed E-state index contributed by atoms with van der Waals surface area (Å²) in [4.78, 5) is 27.5. The van der Waals surface area contributed by atoms with Crippen LogP contribution in [0.5, 0.6) is 0 Å². The van der Waals surface area contributed by atoms with Crippen LogP contribution in [0.4, 0.5) is 11.4 Å². The third kappa shape index (κ3) is 3.40. The first-order valence-electron chi connectivity index (χ1n) is 9.71. The Bertz CT molecular complexity index is 1240. The quantitative estimate of drug-likeness (QED) is 0.501. The Kier molecular flexibility index (Phi) is 5.33. The Morgan fingerprint density at radius 1 is 1.32 bits per heavy atom. The fourth-order valence-electron chi connectivity index (χ4n) is 4.40. The van der Waals surface area contributed by atoms with Crippen LogP contribution in [-0.4, -0.2) is 10.7 Å². The molecule has 0 fully saturated rings. The molecule has 1 aromatic heterocycles. The minimum absolute atomic E-state index is 0.0159. The van der Waals surface area contributed by atoms with E-state index >= 15 is 0 Å². The van der Waals surface area contributed by atoms with Crippen molar-refractivity contribution in [1.29, 1.82) is 5.26 Å². The van der Waals surface area contributed by atoms with Gasteiger partial charge in [-0.05, 0) is 44.4 Å². The van der Waals surface area contributed by atoms with E-state index in [1.807, 2.05) is 19.9 Å². The van der Waals surface area contributed by atoms with E-state index in [4.69, 9.17) is 17.3 Å². The highest BCUT2D eigenvalue weighted by Gasteiger charge is 2.41. The van der Waals surface area contributed by atoms with Gasteiger partial charge in [0.2, 0.25) is 0 Å². The van der Waals surface area contributed by atoms with Crippen molar-refractivity contribution in [3.63, 3.8) is 0 Å². The smallest absolute Gasteiger partial charge is 0.271 e. The van der Waals surface area contributed by atoms with Crippen LogP contribution in [0.25, 0.3) is 0 Å². The van der Waals surface area contributed by atoms with Gasteiger partial charge in [-0.2, -0.15) is 5.26 Å². The van der Waals surface area contributed by atoms with E-state index in [2.05, 4.69) is 6.07 Å². The fourth-order valence-corrected chi connectivity index (χ4v) is 5.62. The summed E-state index contributed by atoms with van der Waals surface area (Å²) >= 11 is 8.02. The van der Waals surface area contributed by atoms with Gasteiger partial charge in [0.05, 0.1) is 33.2 Å². The molecule has 0 saturated heterocycles. The van der Waals surface area contributed by atoms with Crippen molar-refractivity contribution in [2.45, 2.75) is 39.0 Å². The van der Waals surface area contributed by atoms with Gasteiger partial charge in [0.15, 0.2) is 5.78 Å². The Labute approximate surface area is 188 Å². The highest BCUT2D eigenvalue weighted by Crippen LogP contribution is 2.49. The molecule has 1 aliphatic heterocycles. The monoisotopic (exact) mass is 454 g/mol. The van der Waals surface area contributed by atoms with Crippen molar-refractivity contribution < 1.29 is 9.72 Å². The predicted octanol–water partition coefficient (Wildman–Crippen LogP) is 5.23. The molecule has 2 N–H and O–H groups in total. The zero-order chi connectivity index (χ0) is 22.4. The SMILES string of the molecule is Cc1cc(C2C(C#N)=C(N)N(c3ccc([N+](=O)[O-])cc3Cl)C3=C2C(=O)CCC3)c(C)s1. The highest BCUT2D eigenvalue weighted by molar-refractivity contribution is 7.12. The van der Waals surface area contributed by atoms with Gasteiger partial charge in [-0.1, -0.05) is 11.6 Å². The maximum atomic E-state index is 13.1. The number of rotatable bonds is 3. The van der Waals surface area contributed by atoms with Crippen molar-refractivity contribution in [1.82, 2.24) is 0 Å². The number of nitrogens with zero attached hydrogens (tertiary/aromatic N) is 3. The summed E-state index contributed by atoms with van der Waals surface area (Å²) in [6.45, 7) is 3.97. The predicted molar refractivity (Wildman–Crippen MR) is 120 cm³/mol. The third-order valence-corrected chi connectivity index (χ3v) is 6.97. The Morgan fingerprint density at radius 3 is 2.65 bits per heavy atom. The number of thiophene rings is 1. The second-order valence-corrected chi connectivity index (χ2v) is 9.45. The summed E-state index contributed by atoms with van der Waals surface area (Å²) in [6, 6.07) is 8.32. The number of anilines is 1. The van der Waals surface area contributed by atoms with E-state index in [9.17, 15) is 20.2 Å². The molecule has 2 aliphatic rings. The van der Waals surface area contributed by atoms with Gasteiger partial charge in [0, 0.05) is 39.6 Å². The summed E-state index contributed by atoms with van der Waals surface area (Å²) in [5, 5.41) is 21.3. The number of hydrogen-bond acceptors (Lipinski definition) is 7. The van der Waals surface area contributed by atoms with Crippen LogP contribution in [0.3, 0.4) is 0 Å². The van der Waals surface area contributed by atoms with E-state index in [-0.39, 0.29) is 27.9 Å².